The maximum atomic E-state index is 13.0. The van der Waals surface area contributed by atoms with Crippen LogP contribution in [0.4, 0.5) is 0 Å². The molecule has 0 aliphatic carbocycles. The van der Waals surface area contributed by atoms with E-state index in [2.05, 4.69) is 36.2 Å². The van der Waals surface area contributed by atoms with Crippen molar-refractivity contribution in [3.63, 3.8) is 0 Å². The van der Waals surface area contributed by atoms with E-state index in [4.69, 9.17) is 0 Å². The van der Waals surface area contributed by atoms with Gasteiger partial charge in [-0.3, -0.25) is 13.8 Å². The number of thioether (sulfide) groups is 1. The van der Waals surface area contributed by atoms with Gasteiger partial charge in [0.15, 0.2) is 5.16 Å². The highest BCUT2D eigenvalue weighted by Crippen LogP contribution is 2.34. The quantitative estimate of drug-likeness (QED) is 0.457. The third kappa shape index (κ3) is 3.25. The molecule has 0 aliphatic heterocycles. The van der Waals surface area contributed by atoms with Crippen molar-refractivity contribution in [1.82, 2.24) is 19.2 Å². The number of para-hydroxylation sites is 1. The van der Waals surface area contributed by atoms with Gasteiger partial charge in [-0.1, -0.05) is 67.6 Å². The topological polar surface area (TPSA) is 52.2 Å². The zero-order chi connectivity index (χ0) is 18.8. The molecule has 0 unspecified atom stereocenters. The van der Waals surface area contributed by atoms with Gasteiger partial charge >= 0.3 is 0 Å². The van der Waals surface area contributed by atoms with E-state index in [0.717, 1.165) is 23.5 Å². The first-order valence-corrected chi connectivity index (χ1v) is 10.2. The predicted octanol–water partition coefficient (Wildman–Crippen LogP) is 4.70. The summed E-state index contributed by atoms with van der Waals surface area (Å²) in [7, 11) is 0. The molecule has 0 spiro atoms. The Bertz CT molecular complexity index is 1130. The molecule has 0 N–H and O–H groups in total. The first kappa shape index (κ1) is 17.8. The van der Waals surface area contributed by atoms with Crippen molar-refractivity contribution < 1.29 is 0 Å². The Hall–Kier alpha value is -2.60. The maximum absolute atomic E-state index is 13.0. The third-order valence-corrected chi connectivity index (χ3v) is 5.87. The van der Waals surface area contributed by atoms with Gasteiger partial charge in [0.05, 0.1) is 10.9 Å². The molecule has 0 radical (unpaired) electrons. The van der Waals surface area contributed by atoms with Gasteiger partial charge in [0.2, 0.25) is 5.78 Å². The Morgan fingerprint density at radius 3 is 2.56 bits per heavy atom. The highest BCUT2D eigenvalue weighted by atomic mass is 32.2. The van der Waals surface area contributed by atoms with Crippen LogP contribution >= 0.6 is 11.8 Å². The van der Waals surface area contributed by atoms with E-state index in [-0.39, 0.29) is 10.8 Å². The van der Waals surface area contributed by atoms with E-state index in [1.165, 1.54) is 5.56 Å². The lowest BCUT2D eigenvalue weighted by molar-refractivity contribution is 0.620. The Balaban J connectivity index is 1.88. The van der Waals surface area contributed by atoms with Crippen molar-refractivity contribution >= 4 is 28.4 Å². The lowest BCUT2D eigenvalue weighted by Crippen LogP contribution is -2.23. The summed E-state index contributed by atoms with van der Waals surface area (Å²) in [4.78, 5) is 13.0. The number of nitrogens with zero attached hydrogens (tertiary/aromatic N) is 4. The van der Waals surface area contributed by atoms with Gasteiger partial charge < -0.3 is 0 Å². The SMILES string of the molecule is CCCCn1c(=O)c2ccccc2n2c(S[C@H](C)c3ccccc3)nnc12. The second kappa shape index (κ2) is 7.56. The van der Waals surface area contributed by atoms with Crippen LogP contribution in [0.5, 0.6) is 0 Å². The second-order valence-corrected chi connectivity index (χ2v) is 7.92. The maximum Gasteiger partial charge on any atom is 0.262 e. The number of aromatic nitrogens is 4. The highest BCUT2D eigenvalue weighted by molar-refractivity contribution is 7.99. The van der Waals surface area contributed by atoms with E-state index < -0.39 is 0 Å². The van der Waals surface area contributed by atoms with Crippen molar-refractivity contribution in [2.75, 3.05) is 0 Å². The minimum Gasteiger partial charge on any atom is -0.276 e. The summed E-state index contributed by atoms with van der Waals surface area (Å²) in [6, 6.07) is 18.1. The number of unbranched alkanes of at least 4 members (excludes halogenated alkanes) is 1. The van der Waals surface area contributed by atoms with Gasteiger partial charge in [-0.25, -0.2) is 0 Å². The van der Waals surface area contributed by atoms with E-state index >= 15 is 0 Å². The molecule has 6 heteroatoms. The summed E-state index contributed by atoms with van der Waals surface area (Å²) in [6.45, 7) is 4.94. The summed E-state index contributed by atoms with van der Waals surface area (Å²) in [5.41, 5.74) is 2.10. The molecule has 0 fully saturated rings. The summed E-state index contributed by atoms with van der Waals surface area (Å²) in [5.74, 6) is 0.620. The lowest BCUT2D eigenvalue weighted by atomic mass is 10.2. The molecule has 0 saturated heterocycles. The Labute approximate surface area is 162 Å². The molecule has 0 saturated carbocycles. The van der Waals surface area contributed by atoms with Crippen LogP contribution in [0.15, 0.2) is 64.5 Å². The zero-order valence-electron chi connectivity index (χ0n) is 15.5. The molecule has 27 heavy (non-hydrogen) atoms. The van der Waals surface area contributed by atoms with Crippen LogP contribution in [0.1, 0.15) is 37.5 Å². The van der Waals surface area contributed by atoms with Crippen LogP contribution in [0.3, 0.4) is 0 Å². The van der Waals surface area contributed by atoms with E-state index in [0.29, 0.717) is 17.7 Å². The molecule has 4 aromatic rings. The van der Waals surface area contributed by atoms with Gasteiger partial charge in [-0.2, -0.15) is 0 Å². The van der Waals surface area contributed by atoms with Gasteiger partial charge in [0.1, 0.15) is 0 Å². The number of aryl methyl sites for hydroxylation is 1. The third-order valence-electron chi connectivity index (χ3n) is 4.76. The van der Waals surface area contributed by atoms with E-state index in [1.54, 1.807) is 16.3 Å². The van der Waals surface area contributed by atoms with Gasteiger partial charge in [-0.05, 0) is 31.0 Å². The first-order chi connectivity index (χ1) is 13.2. The van der Waals surface area contributed by atoms with Gasteiger partial charge in [0.25, 0.3) is 5.56 Å². The van der Waals surface area contributed by atoms with Crippen molar-refractivity contribution in [2.45, 2.75) is 43.6 Å². The van der Waals surface area contributed by atoms with Crippen molar-refractivity contribution in [1.29, 1.82) is 0 Å². The van der Waals surface area contributed by atoms with Crippen LogP contribution in [0.2, 0.25) is 0 Å². The molecule has 0 bridgehead atoms. The minimum atomic E-state index is 0.00612. The summed E-state index contributed by atoms with van der Waals surface area (Å²) >= 11 is 1.66. The van der Waals surface area contributed by atoms with Gasteiger partial charge in [0, 0.05) is 11.8 Å². The van der Waals surface area contributed by atoms with Crippen molar-refractivity contribution in [2.24, 2.45) is 0 Å². The molecule has 2 heterocycles. The minimum absolute atomic E-state index is 0.00612. The van der Waals surface area contributed by atoms with Crippen LogP contribution in [-0.4, -0.2) is 19.2 Å². The normalized spacial score (nSPS) is 12.7. The lowest BCUT2D eigenvalue weighted by Gasteiger charge is -2.13. The Morgan fingerprint density at radius 1 is 1.04 bits per heavy atom. The summed E-state index contributed by atoms with van der Waals surface area (Å²) in [6.07, 6.45) is 1.95. The number of benzene rings is 2. The molecule has 2 aromatic carbocycles. The highest BCUT2D eigenvalue weighted by Gasteiger charge is 2.18. The van der Waals surface area contributed by atoms with Crippen LogP contribution in [-0.2, 0) is 6.54 Å². The van der Waals surface area contributed by atoms with E-state index in [9.17, 15) is 4.79 Å². The average molecular weight is 379 g/mol. The monoisotopic (exact) mass is 378 g/mol. The molecular formula is C21H22N4OS. The van der Waals surface area contributed by atoms with Crippen molar-refractivity contribution in [3.8, 4) is 0 Å². The predicted molar refractivity (Wildman–Crippen MR) is 110 cm³/mol. The average Bonchev–Trinajstić information content (AvgIpc) is 3.12. The molecule has 5 nitrogen and oxygen atoms in total. The molecule has 138 valence electrons. The Morgan fingerprint density at radius 2 is 1.78 bits per heavy atom. The number of hydrogen-bond donors (Lipinski definition) is 0. The fraction of sp³-hybridized carbons (Fsp3) is 0.286. The second-order valence-electron chi connectivity index (χ2n) is 6.62. The largest absolute Gasteiger partial charge is 0.276 e. The Kier molecular flexibility index (Phi) is 4.99. The van der Waals surface area contributed by atoms with Gasteiger partial charge in [-0.15, -0.1) is 10.2 Å². The molecule has 0 aliphatic rings. The molecular weight excluding hydrogens is 356 g/mol. The van der Waals surface area contributed by atoms with E-state index in [1.807, 2.05) is 46.9 Å². The molecule has 4 rings (SSSR count). The standard InChI is InChI=1S/C21H22N4OS/c1-3-4-14-24-19(26)17-12-8-9-13-18(17)25-20(24)22-23-21(25)27-15(2)16-10-6-5-7-11-16/h5-13,15H,3-4,14H2,1-2H3/t15-/m1/s1. The number of hydrogen-bond acceptors (Lipinski definition) is 4. The molecule has 0 amide bonds. The fourth-order valence-electron chi connectivity index (χ4n) is 3.28. The summed E-state index contributed by atoms with van der Waals surface area (Å²) < 4.78 is 3.78. The van der Waals surface area contributed by atoms with Crippen LogP contribution in [0.25, 0.3) is 16.7 Å². The van der Waals surface area contributed by atoms with Crippen LogP contribution in [0, 0.1) is 0 Å². The summed E-state index contributed by atoms with van der Waals surface area (Å²) in [5, 5.41) is 10.6. The molecule has 1 atom stereocenters. The van der Waals surface area contributed by atoms with Crippen molar-refractivity contribution in [3.05, 3.63) is 70.5 Å². The van der Waals surface area contributed by atoms with Crippen LogP contribution < -0.4 is 5.56 Å². The zero-order valence-corrected chi connectivity index (χ0v) is 16.3. The number of rotatable bonds is 6. The smallest absolute Gasteiger partial charge is 0.262 e. The molecule has 2 aromatic heterocycles. The number of fused-ring (bicyclic) bond motifs is 3. The fourth-order valence-corrected chi connectivity index (χ4v) is 4.26. The first-order valence-electron chi connectivity index (χ1n) is 9.29.